The molecular weight excluding hydrogens is 294 g/mol. The molecule has 22 heavy (non-hydrogen) atoms. The maximum absolute atomic E-state index is 13.5. The third-order valence-corrected chi connectivity index (χ3v) is 3.61. The third-order valence-electron chi connectivity index (χ3n) is 3.61. The molecule has 1 aliphatic rings. The number of ether oxygens (including phenoxy) is 1. The van der Waals surface area contributed by atoms with Crippen LogP contribution in [0.4, 0.5) is 14.5 Å². The smallest absolute Gasteiger partial charge is 0.240 e. The molecule has 0 heterocycles. The number of hydrogen-bond acceptors (Lipinski definition) is 3. The van der Waals surface area contributed by atoms with E-state index in [-0.39, 0.29) is 11.6 Å². The van der Waals surface area contributed by atoms with Gasteiger partial charge in [-0.15, -0.1) is 0 Å². The van der Waals surface area contributed by atoms with Crippen LogP contribution in [0.5, 0.6) is 0 Å². The van der Waals surface area contributed by atoms with E-state index in [9.17, 15) is 18.4 Å². The normalized spacial score (nSPS) is 15.2. The van der Waals surface area contributed by atoms with Gasteiger partial charge in [-0.3, -0.25) is 9.59 Å². The van der Waals surface area contributed by atoms with Gasteiger partial charge in [-0.25, -0.2) is 8.78 Å². The number of methoxy groups -OCH3 is 1. The van der Waals surface area contributed by atoms with Crippen molar-refractivity contribution in [2.45, 2.75) is 19.3 Å². The number of halogens is 2. The molecule has 0 spiro atoms. The van der Waals surface area contributed by atoms with E-state index in [0.717, 1.165) is 12.1 Å². The van der Waals surface area contributed by atoms with Crippen molar-refractivity contribution in [1.29, 1.82) is 0 Å². The first kappa shape index (κ1) is 16.4. The van der Waals surface area contributed by atoms with Crippen molar-refractivity contribution in [1.82, 2.24) is 5.32 Å². The molecule has 7 heteroatoms. The molecule has 0 unspecified atom stereocenters. The van der Waals surface area contributed by atoms with Crippen molar-refractivity contribution in [3.05, 3.63) is 29.8 Å². The van der Waals surface area contributed by atoms with Gasteiger partial charge in [-0.05, 0) is 31.4 Å². The van der Waals surface area contributed by atoms with Crippen LogP contribution in [0.3, 0.4) is 0 Å². The van der Waals surface area contributed by atoms with E-state index in [2.05, 4.69) is 10.6 Å². The SMILES string of the molecule is COCCCNC(=O)C1(C(=O)Nc2ccc(F)cc2F)CC1. The minimum absolute atomic E-state index is 0.134. The Labute approximate surface area is 127 Å². The van der Waals surface area contributed by atoms with Gasteiger partial charge in [-0.1, -0.05) is 0 Å². The van der Waals surface area contributed by atoms with Crippen LogP contribution in [0, 0.1) is 17.0 Å². The molecule has 1 aliphatic carbocycles. The van der Waals surface area contributed by atoms with Crippen LogP contribution < -0.4 is 10.6 Å². The first-order valence-corrected chi connectivity index (χ1v) is 7.03. The average Bonchev–Trinajstić information content (AvgIpc) is 3.28. The molecule has 0 aromatic heterocycles. The van der Waals surface area contributed by atoms with E-state index in [0.29, 0.717) is 38.5 Å². The standard InChI is InChI=1S/C15H18F2N2O3/c1-22-8-2-7-18-13(20)15(5-6-15)14(21)19-12-4-3-10(16)9-11(12)17/h3-4,9H,2,5-8H2,1H3,(H,18,20)(H,19,21). The maximum atomic E-state index is 13.5. The molecule has 0 atom stereocenters. The first-order chi connectivity index (χ1) is 10.5. The Hall–Kier alpha value is -2.02. The second-order valence-electron chi connectivity index (χ2n) is 5.26. The number of rotatable bonds is 7. The van der Waals surface area contributed by atoms with Crippen LogP contribution in [-0.2, 0) is 14.3 Å². The topological polar surface area (TPSA) is 67.4 Å². The molecule has 1 saturated carbocycles. The van der Waals surface area contributed by atoms with Gasteiger partial charge in [0.2, 0.25) is 11.8 Å². The van der Waals surface area contributed by atoms with E-state index in [4.69, 9.17) is 4.74 Å². The Morgan fingerprint density at radius 1 is 1.27 bits per heavy atom. The molecule has 2 rings (SSSR count). The number of amides is 2. The summed E-state index contributed by atoms with van der Waals surface area (Å²) in [4.78, 5) is 24.3. The Bertz CT molecular complexity index is 574. The third kappa shape index (κ3) is 3.59. The highest BCUT2D eigenvalue weighted by atomic mass is 19.1. The number of anilines is 1. The predicted octanol–water partition coefficient (Wildman–Crippen LogP) is 1.84. The Balaban J connectivity index is 1.95. The summed E-state index contributed by atoms with van der Waals surface area (Å²) in [7, 11) is 1.56. The van der Waals surface area contributed by atoms with Crippen LogP contribution in [0.1, 0.15) is 19.3 Å². The summed E-state index contributed by atoms with van der Waals surface area (Å²) in [6.45, 7) is 0.923. The fourth-order valence-electron chi connectivity index (χ4n) is 2.10. The molecule has 120 valence electrons. The Morgan fingerprint density at radius 2 is 2.00 bits per heavy atom. The van der Waals surface area contributed by atoms with Crippen LogP contribution >= 0.6 is 0 Å². The maximum Gasteiger partial charge on any atom is 0.240 e. The second kappa shape index (κ2) is 6.83. The highest BCUT2D eigenvalue weighted by Crippen LogP contribution is 2.46. The molecule has 0 aliphatic heterocycles. The molecule has 2 N–H and O–H groups in total. The largest absolute Gasteiger partial charge is 0.385 e. The van der Waals surface area contributed by atoms with Gasteiger partial charge < -0.3 is 15.4 Å². The molecule has 0 bridgehead atoms. The van der Waals surface area contributed by atoms with Gasteiger partial charge in [0, 0.05) is 26.3 Å². The lowest BCUT2D eigenvalue weighted by atomic mass is 10.0. The van der Waals surface area contributed by atoms with Gasteiger partial charge in [0.15, 0.2) is 0 Å². The molecular formula is C15H18F2N2O3. The van der Waals surface area contributed by atoms with Gasteiger partial charge in [0.1, 0.15) is 17.0 Å². The Morgan fingerprint density at radius 3 is 2.59 bits per heavy atom. The fraction of sp³-hybridized carbons (Fsp3) is 0.467. The molecule has 1 aromatic rings. The van der Waals surface area contributed by atoms with Gasteiger partial charge in [-0.2, -0.15) is 0 Å². The number of nitrogens with one attached hydrogen (secondary N) is 2. The van der Waals surface area contributed by atoms with Crippen molar-refractivity contribution in [3.63, 3.8) is 0 Å². The van der Waals surface area contributed by atoms with Crippen LogP contribution in [0.2, 0.25) is 0 Å². The van der Waals surface area contributed by atoms with E-state index < -0.39 is 23.0 Å². The molecule has 0 radical (unpaired) electrons. The summed E-state index contributed by atoms with van der Waals surface area (Å²) in [5, 5.41) is 5.03. The minimum atomic E-state index is -1.14. The van der Waals surface area contributed by atoms with Crippen molar-refractivity contribution in [2.75, 3.05) is 25.6 Å². The van der Waals surface area contributed by atoms with Crippen molar-refractivity contribution in [3.8, 4) is 0 Å². The van der Waals surface area contributed by atoms with E-state index in [1.165, 1.54) is 0 Å². The van der Waals surface area contributed by atoms with Crippen LogP contribution in [0.25, 0.3) is 0 Å². The number of benzene rings is 1. The summed E-state index contributed by atoms with van der Waals surface area (Å²) in [5.74, 6) is -2.54. The van der Waals surface area contributed by atoms with E-state index >= 15 is 0 Å². The molecule has 0 saturated heterocycles. The molecule has 1 aromatic carbocycles. The summed E-state index contributed by atoms with van der Waals surface area (Å²) < 4.78 is 31.2. The fourth-order valence-corrected chi connectivity index (χ4v) is 2.10. The van der Waals surface area contributed by atoms with Crippen molar-refractivity contribution < 1.29 is 23.1 Å². The zero-order valence-electron chi connectivity index (χ0n) is 12.2. The highest BCUT2D eigenvalue weighted by Gasteiger charge is 2.56. The summed E-state index contributed by atoms with van der Waals surface area (Å²) >= 11 is 0. The van der Waals surface area contributed by atoms with Gasteiger partial charge >= 0.3 is 0 Å². The molecule has 5 nitrogen and oxygen atoms in total. The summed E-state index contributed by atoms with van der Waals surface area (Å²) in [5.41, 5.74) is -1.28. The number of carbonyl (C=O) groups is 2. The van der Waals surface area contributed by atoms with E-state index in [1.54, 1.807) is 7.11 Å². The van der Waals surface area contributed by atoms with Crippen LogP contribution in [-0.4, -0.2) is 32.1 Å². The summed E-state index contributed by atoms with van der Waals surface area (Å²) in [6, 6.07) is 2.86. The van der Waals surface area contributed by atoms with E-state index in [1.807, 2.05) is 0 Å². The predicted molar refractivity (Wildman–Crippen MR) is 76.2 cm³/mol. The summed E-state index contributed by atoms with van der Waals surface area (Å²) in [6.07, 6.45) is 1.47. The van der Waals surface area contributed by atoms with Gasteiger partial charge in [0.25, 0.3) is 0 Å². The lowest BCUT2D eigenvalue weighted by Gasteiger charge is -2.15. The molecule has 1 fully saturated rings. The lowest BCUT2D eigenvalue weighted by Crippen LogP contribution is -2.40. The second-order valence-corrected chi connectivity index (χ2v) is 5.26. The number of hydrogen-bond donors (Lipinski definition) is 2. The van der Waals surface area contributed by atoms with Crippen molar-refractivity contribution >= 4 is 17.5 Å². The average molecular weight is 312 g/mol. The Kier molecular flexibility index (Phi) is 5.07. The van der Waals surface area contributed by atoms with Crippen molar-refractivity contribution in [2.24, 2.45) is 5.41 Å². The monoisotopic (exact) mass is 312 g/mol. The highest BCUT2D eigenvalue weighted by molar-refractivity contribution is 6.13. The lowest BCUT2D eigenvalue weighted by molar-refractivity contribution is -0.134. The van der Waals surface area contributed by atoms with Crippen LogP contribution in [0.15, 0.2) is 18.2 Å². The van der Waals surface area contributed by atoms with Gasteiger partial charge in [0.05, 0.1) is 5.69 Å². The molecule has 2 amide bonds. The zero-order chi connectivity index (χ0) is 16.2. The quantitative estimate of drug-likeness (QED) is 0.596. The zero-order valence-corrected chi connectivity index (χ0v) is 12.2. The first-order valence-electron chi connectivity index (χ1n) is 7.03. The number of carbonyl (C=O) groups excluding carboxylic acids is 2. The minimum Gasteiger partial charge on any atom is -0.385 e.